The van der Waals surface area contributed by atoms with E-state index in [0.717, 1.165) is 4.31 Å². The number of carbonyl (C=O) groups excluding carboxylic acids is 1. The lowest BCUT2D eigenvalue weighted by molar-refractivity contribution is -0.114. The van der Waals surface area contributed by atoms with Crippen molar-refractivity contribution in [2.75, 3.05) is 20.9 Å². The number of aromatic nitrogens is 2. The molecule has 1 heterocycles. The van der Waals surface area contributed by atoms with Gasteiger partial charge in [-0.1, -0.05) is 29.8 Å². The molecule has 0 aliphatic rings. The summed E-state index contributed by atoms with van der Waals surface area (Å²) in [5.41, 5.74) is 2.50. The van der Waals surface area contributed by atoms with Crippen LogP contribution >= 0.6 is 11.6 Å². The van der Waals surface area contributed by atoms with E-state index in [1.165, 1.54) is 48.5 Å². The van der Waals surface area contributed by atoms with Crippen molar-refractivity contribution in [1.29, 1.82) is 0 Å². The third kappa shape index (κ3) is 6.76. The van der Waals surface area contributed by atoms with E-state index < -0.39 is 32.5 Å². The molecular weight excluding hydrogens is 574 g/mol. The van der Waals surface area contributed by atoms with Crippen LogP contribution in [0.5, 0.6) is 0 Å². The Bertz CT molecular complexity index is 1740. The molecule has 0 saturated carbocycles. The molecular formula is C27H26ClN5O5S2. The van der Waals surface area contributed by atoms with E-state index in [2.05, 4.69) is 20.0 Å². The number of nitrogens with one attached hydrogen (secondary N) is 2. The minimum atomic E-state index is -4.13. The number of hydrogen-bond acceptors (Lipinski definition) is 7. The molecule has 0 unspecified atom stereocenters. The number of amides is 1. The van der Waals surface area contributed by atoms with Crippen molar-refractivity contribution < 1.29 is 21.6 Å². The van der Waals surface area contributed by atoms with E-state index >= 15 is 0 Å². The lowest BCUT2D eigenvalue weighted by atomic mass is 10.2. The van der Waals surface area contributed by atoms with Gasteiger partial charge in [-0.05, 0) is 87.0 Å². The lowest BCUT2D eigenvalue weighted by Crippen LogP contribution is -2.38. The molecule has 40 heavy (non-hydrogen) atoms. The number of sulfonamides is 2. The Morgan fingerprint density at radius 3 is 2.00 bits per heavy atom. The van der Waals surface area contributed by atoms with E-state index in [1.807, 2.05) is 0 Å². The summed E-state index contributed by atoms with van der Waals surface area (Å²) in [7, 11) is -8.12. The van der Waals surface area contributed by atoms with Crippen LogP contribution in [0.2, 0.25) is 5.02 Å². The molecule has 3 aromatic carbocycles. The molecule has 4 aromatic rings. The van der Waals surface area contributed by atoms with Crippen molar-refractivity contribution in [3.05, 3.63) is 101 Å². The maximum Gasteiger partial charge on any atom is 0.264 e. The van der Waals surface area contributed by atoms with Gasteiger partial charge in [0.15, 0.2) is 0 Å². The van der Waals surface area contributed by atoms with Crippen LogP contribution in [0, 0.1) is 20.8 Å². The fraction of sp³-hybridized carbons (Fsp3) is 0.148. The summed E-state index contributed by atoms with van der Waals surface area (Å²) in [6.07, 6.45) is 0. The van der Waals surface area contributed by atoms with Crippen LogP contribution < -0.4 is 14.3 Å². The summed E-state index contributed by atoms with van der Waals surface area (Å²) in [6, 6.07) is 19.6. The number of halogens is 1. The zero-order chi connectivity index (χ0) is 29.1. The molecule has 208 valence electrons. The Kier molecular flexibility index (Phi) is 8.43. The first-order valence-electron chi connectivity index (χ1n) is 11.9. The van der Waals surface area contributed by atoms with Crippen molar-refractivity contribution in [2.45, 2.75) is 30.6 Å². The van der Waals surface area contributed by atoms with Crippen LogP contribution in [0.1, 0.15) is 17.0 Å². The molecule has 0 saturated heterocycles. The van der Waals surface area contributed by atoms with Crippen LogP contribution in [0.25, 0.3) is 0 Å². The van der Waals surface area contributed by atoms with E-state index in [1.54, 1.807) is 51.1 Å². The van der Waals surface area contributed by atoms with Crippen LogP contribution in [-0.2, 0) is 24.8 Å². The highest BCUT2D eigenvalue weighted by Crippen LogP contribution is 2.27. The zero-order valence-corrected chi connectivity index (χ0v) is 24.2. The number of hydrogen-bond donors (Lipinski definition) is 2. The smallest absolute Gasteiger partial charge is 0.264 e. The van der Waals surface area contributed by atoms with Gasteiger partial charge in [0, 0.05) is 22.1 Å². The fourth-order valence-electron chi connectivity index (χ4n) is 3.88. The first kappa shape index (κ1) is 29.0. The Labute approximate surface area is 238 Å². The standard InChI is InChI=1S/C27H26ClN5O5S2/c1-18-6-4-5-7-25(18)33(40(37,38)24-12-8-21(28)9-13-24)17-26(34)31-22-10-14-23(15-11-22)39(35,36)32-27-29-19(2)16-20(3)30-27/h4-16H,17H2,1-3H3,(H,31,34)(H,29,30,32). The van der Waals surface area contributed by atoms with E-state index in [0.29, 0.717) is 27.7 Å². The lowest BCUT2D eigenvalue weighted by Gasteiger charge is -2.25. The second kappa shape index (κ2) is 11.6. The summed E-state index contributed by atoms with van der Waals surface area (Å²) >= 11 is 5.93. The molecule has 0 bridgehead atoms. The summed E-state index contributed by atoms with van der Waals surface area (Å²) in [4.78, 5) is 21.1. The Balaban J connectivity index is 1.54. The van der Waals surface area contributed by atoms with Crippen LogP contribution in [0.4, 0.5) is 17.3 Å². The molecule has 13 heteroatoms. The molecule has 0 aliphatic carbocycles. The Hall–Kier alpha value is -4.00. The maximum absolute atomic E-state index is 13.6. The van der Waals surface area contributed by atoms with Gasteiger partial charge in [-0.3, -0.25) is 9.10 Å². The van der Waals surface area contributed by atoms with Gasteiger partial charge in [0.05, 0.1) is 15.5 Å². The first-order chi connectivity index (χ1) is 18.8. The second-order valence-electron chi connectivity index (χ2n) is 8.90. The topological polar surface area (TPSA) is 138 Å². The number of nitrogens with zero attached hydrogens (tertiary/aromatic N) is 3. The Morgan fingerprint density at radius 1 is 0.825 bits per heavy atom. The predicted molar refractivity (Wildman–Crippen MR) is 155 cm³/mol. The van der Waals surface area contributed by atoms with Gasteiger partial charge in [-0.25, -0.2) is 31.5 Å². The van der Waals surface area contributed by atoms with Gasteiger partial charge < -0.3 is 5.32 Å². The molecule has 1 aromatic heterocycles. The van der Waals surface area contributed by atoms with Gasteiger partial charge in [0.1, 0.15) is 6.54 Å². The molecule has 2 N–H and O–H groups in total. The molecule has 0 spiro atoms. The average molecular weight is 600 g/mol. The molecule has 1 amide bonds. The van der Waals surface area contributed by atoms with Gasteiger partial charge in [-0.2, -0.15) is 0 Å². The molecule has 10 nitrogen and oxygen atoms in total. The quantitative estimate of drug-likeness (QED) is 0.284. The van der Waals surface area contributed by atoms with Gasteiger partial charge in [-0.15, -0.1) is 0 Å². The Morgan fingerprint density at radius 2 is 1.40 bits per heavy atom. The number of rotatable bonds is 9. The van der Waals surface area contributed by atoms with Crippen LogP contribution in [0.15, 0.2) is 88.7 Å². The minimum Gasteiger partial charge on any atom is -0.325 e. The highest BCUT2D eigenvalue weighted by Gasteiger charge is 2.28. The largest absolute Gasteiger partial charge is 0.325 e. The number of carbonyl (C=O) groups is 1. The monoisotopic (exact) mass is 599 g/mol. The molecule has 0 atom stereocenters. The van der Waals surface area contributed by atoms with Gasteiger partial charge >= 0.3 is 0 Å². The van der Waals surface area contributed by atoms with Crippen molar-refractivity contribution in [3.63, 3.8) is 0 Å². The number of aryl methyl sites for hydroxylation is 3. The maximum atomic E-state index is 13.6. The molecule has 0 aliphatic heterocycles. The van der Waals surface area contributed by atoms with E-state index in [4.69, 9.17) is 11.6 Å². The first-order valence-corrected chi connectivity index (χ1v) is 15.2. The van der Waals surface area contributed by atoms with E-state index in [-0.39, 0.29) is 21.4 Å². The van der Waals surface area contributed by atoms with Gasteiger partial charge in [0.25, 0.3) is 20.0 Å². The summed E-state index contributed by atoms with van der Waals surface area (Å²) < 4.78 is 56.1. The van der Waals surface area contributed by atoms with Crippen LogP contribution in [0.3, 0.4) is 0 Å². The van der Waals surface area contributed by atoms with Crippen molar-refractivity contribution in [1.82, 2.24) is 9.97 Å². The average Bonchev–Trinajstić information content (AvgIpc) is 2.87. The number of para-hydroxylation sites is 1. The zero-order valence-electron chi connectivity index (χ0n) is 21.8. The van der Waals surface area contributed by atoms with Crippen LogP contribution in [-0.4, -0.2) is 39.3 Å². The number of anilines is 3. The highest BCUT2D eigenvalue weighted by molar-refractivity contribution is 7.93. The second-order valence-corrected chi connectivity index (χ2v) is 12.9. The normalized spacial score (nSPS) is 11.6. The third-order valence-electron chi connectivity index (χ3n) is 5.73. The SMILES string of the molecule is Cc1cc(C)nc(NS(=O)(=O)c2ccc(NC(=O)CN(c3ccccc3C)S(=O)(=O)c3ccc(Cl)cc3)cc2)n1. The summed E-state index contributed by atoms with van der Waals surface area (Å²) in [5, 5.41) is 3.01. The number of benzene rings is 3. The van der Waals surface area contributed by atoms with E-state index in [9.17, 15) is 21.6 Å². The molecule has 0 fully saturated rings. The van der Waals surface area contributed by atoms with Gasteiger partial charge in [0.2, 0.25) is 11.9 Å². The molecule has 0 radical (unpaired) electrons. The summed E-state index contributed by atoms with van der Waals surface area (Å²) in [6.45, 7) is 4.67. The van der Waals surface area contributed by atoms with Crippen molar-refractivity contribution in [2.24, 2.45) is 0 Å². The summed E-state index contributed by atoms with van der Waals surface area (Å²) in [5.74, 6) is -0.675. The third-order valence-corrected chi connectivity index (χ3v) is 9.10. The molecule has 4 rings (SSSR count). The predicted octanol–water partition coefficient (Wildman–Crippen LogP) is 4.69. The van der Waals surface area contributed by atoms with Crippen molar-refractivity contribution >= 4 is 54.9 Å². The minimum absolute atomic E-state index is 0.0252. The highest BCUT2D eigenvalue weighted by atomic mass is 35.5. The van der Waals surface area contributed by atoms with Crippen molar-refractivity contribution in [3.8, 4) is 0 Å². The fourth-order valence-corrected chi connectivity index (χ4v) is 6.43.